The van der Waals surface area contributed by atoms with Gasteiger partial charge in [0, 0.05) is 19.5 Å². The van der Waals surface area contributed by atoms with E-state index < -0.39 is 0 Å². The Labute approximate surface area is 100 Å². The first-order valence-electron chi connectivity index (χ1n) is 6.38. The van der Waals surface area contributed by atoms with Crippen LogP contribution in [-0.4, -0.2) is 30.4 Å². The molecule has 0 aromatic heterocycles. The van der Waals surface area contributed by atoms with Crippen LogP contribution >= 0.6 is 0 Å². The minimum Gasteiger partial charge on any atom is -0.343 e. The molecule has 0 aromatic carbocycles. The minimum atomic E-state index is 0.227. The van der Waals surface area contributed by atoms with Crippen LogP contribution in [0.2, 0.25) is 0 Å². The van der Waals surface area contributed by atoms with Crippen LogP contribution in [0.25, 0.3) is 0 Å². The van der Waals surface area contributed by atoms with E-state index in [9.17, 15) is 4.79 Å². The highest BCUT2D eigenvalue weighted by Gasteiger charge is 2.19. The molecule has 0 bridgehead atoms. The fourth-order valence-corrected chi connectivity index (χ4v) is 1.84. The zero-order valence-electron chi connectivity index (χ0n) is 11.5. The number of carbonyl (C=O) groups excluding carboxylic acids is 1. The van der Waals surface area contributed by atoms with Crippen LogP contribution in [-0.2, 0) is 4.79 Å². The third kappa shape index (κ3) is 5.50. The van der Waals surface area contributed by atoms with Crippen molar-refractivity contribution in [2.45, 2.75) is 53.0 Å². The lowest BCUT2D eigenvalue weighted by Crippen LogP contribution is -2.36. The molecule has 0 heterocycles. The average Bonchev–Trinajstić information content (AvgIpc) is 2.25. The lowest BCUT2D eigenvalue weighted by Gasteiger charge is -2.26. The van der Waals surface area contributed by atoms with Crippen molar-refractivity contribution >= 4 is 5.91 Å². The summed E-state index contributed by atoms with van der Waals surface area (Å²) in [4.78, 5) is 13.8. The molecule has 0 fully saturated rings. The highest BCUT2D eigenvalue weighted by Crippen LogP contribution is 2.16. The average molecular weight is 228 g/mol. The molecule has 3 heteroatoms. The number of rotatable bonds is 7. The topological polar surface area (TPSA) is 46.3 Å². The Kier molecular flexibility index (Phi) is 7.39. The SMILES string of the molecule is CCC(C)N(C)C(=O)CC(CN)CC(C)C. The van der Waals surface area contributed by atoms with Gasteiger partial charge in [-0.15, -0.1) is 0 Å². The van der Waals surface area contributed by atoms with E-state index in [-0.39, 0.29) is 5.91 Å². The van der Waals surface area contributed by atoms with Gasteiger partial charge in [0.1, 0.15) is 0 Å². The summed E-state index contributed by atoms with van der Waals surface area (Å²) in [6.07, 6.45) is 2.63. The Bertz CT molecular complexity index is 204. The van der Waals surface area contributed by atoms with Crippen LogP contribution in [0.1, 0.15) is 47.0 Å². The molecule has 0 spiro atoms. The Morgan fingerprint density at radius 1 is 1.31 bits per heavy atom. The van der Waals surface area contributed by atoms with E-state index in [1.54, 1.807) is 0 Å². The molecular weight excluding hydrogens is 200 g/mol. The first kappa shape index (κ1) is 15.4. The van der Waals surface area contributed by atoms with Gasteiger partial charge in [-0.3, -0.25) is 4.79 Å². The lowest BCUT2D eigenvalue weighted by molar-refractivity contribution is -0.132. The lowest BCUT2D eigenvalue weighted by atomic mass is 9.93. The van der Waals surface area contributed by atoms with Gasteiger partial charge in [-0.1, -0.05) is 20.8 Å². The summed E-state index contributed by atoms with van der Waals surface area (Å²) in [5.41, 5.74) is 5.71. The smallest absolute Gasteiger partial charge is 0.222 e. The standard InChI is InChI=1S/C13H28N2O/c1-6-11(4)15(5)13(16)8-12(9-14)7-10(2)3/h10-12H,6-9,14H2,1-5H3. The van der Waals surface area contributed by atoms with Crippen molar-refractivity contribution in [3.05, 3.63) is 0 Å². The molecule has 0 saturated heterocycles. The fourth-order valence-electron chi connectivity index (χ4n) is 1.84. The van der Waals surface area contributed by atoms with Crippen LogP contribution in [0.4, 0.5) is 0 Å². The zero-order valence-corrected chi connectivity index (χ0v) is 11.5. The summed E-state index contributed by atoms with van der Waals surface area (Å²) in [6.45, 7) is 9.13. The van der Waals surface area contributed by atoms with Crippen molar-refractivity contribution in [3.8, 4) is 0 Å². The van der Waals surface area contributed by atoms with E-state index in [0.717, 1.165) is 12.8 Å². The molecule has 0 aliphatic rings. The summed E-state index contributed by atoms with van der Waals surface area (Å²) in [5, 5.41) is 0. The molecule has 0 aromatic rings. The van der Waals surface area contributed by atoms with Crippen LogP contribution in [0.5, 0.6) is 0 Å². The van der Waals surface area contributed by atoms with Crippen molar-refractivity contribution in [1.82, 2.24) is 4.90 Å². The zero-order chi connectivity index (χ0) is 12.7. The van der Waals surface area contributed by atoms with Crippen molar-refractivity contribution in [2.24, 2.45) is 17.6 Å². The second-order valence-electron chi connectivity index (χ2n) is 5.20. The van der Waals surface area contributed by atoms with Gasteiger partial charge in [0.2, 0.25) is 5.91 Å². The number of hydrogen-bond donors (Lipinski definition) is 1. The second-order valence-corrected chi connectivity index (χ2v) is 5.20. The molecule has 0 aliphatic carbocycles. The van der Waals surface area contributed by atoms with Gasteiger partial charge < -0.3 is 10.6 Å². The molecule has 16 heavy (non-hydrogen) atoms. The van der Waals surface area contributed by atoms with Gasteiger partial charge in [-0.05, 0) is 38.1 Å². The van der Waals surface area contributed by atoms with Gasteiger partial charge in [0.25, 0.3) is 0 Å². The molecule has 3 nitrogen and oxygen atoms in total. The number of nitrogens with zero attached hydrogens (tertiary/aromatic N) is 1. The third-order valence-electron chi connectivity index (χ3n) is 3.25. The Morgan fingerprint density at radius 2 is 1.88 bits per heavy atom. The minimum absolute atomic E-state index is 0.227. The first-order valence-corrected chi connectivity index (χ1v) is 6.38. The molecule has 1 amide bonds. The monoisotopic (exact) mass is 228 g/mol. The molecule has 0 aliphatic heterocycles. The Balaban J connectivity index is 4.19. The maximum atomic E-state index is 12.0. The van der Waals surface area contributed by atoms with Gasteiger partial charge >= 0.3 is 0 Å². The Hall–Kier alpha value is -0.570. The van der Waals surface area contributed by atoms with Gasteiger partial charge in [-0.2, -0.15) is 0 Å². The summed E-state index contributed by atoms with van der Waals surface area (Å²) in [5.74, 6) is 1.17. The van der Waals surface area contributed by atoms with Crippen molar-refractivity contribution < 1.29 is 4.79 Å². The maximum absolute atomic E-state index is 12.0. The quantitative estimate of drug-likeness (QED) is 0.726. The highest BCUT2D eigenvalue weighted by molar-refractivity contribution is 5.76. The Morgan fingerprint density at radius 3 is 2.25 bits per heavy atom. The van der Waals surface area contributed by atoms with Gasteiger partial charge in [-0.25, -0.2) is 0 Å². The summed E-state index contributed by atoms with van der Waals surface area (Å²) >= 11 is 0. The molecule has 2 atom stereocenters. The largest absolute Gasteiger partial charge is 0.343 e. The van der Waals surface area contributed by atoms with E-state index in [0.29, 0.717) is 30.8 Å². The van der Waals surface area contributed by atoms with Crippen molar-refractivity contribution in [1.29, 1.82) is 0 Å². The predicted molar refractivity (Wildman–Crippen MR) is 69.1 cm³/mol. The molecule has 2 unspecified atom stereocenters. The second kappa shape index (κ2) is 7.66. The number of nitrogens with two attached hydrogens (primary N) is 1. The van der Waals surface area contributed by atoms with E-state index in [1.165, 1.54) is 0 Å². The molecule has 2 N–H and O–H groups in total. The molecule has 96 valence electrons. The van der Waals surface area contributed by atoms with Crippen molar-refractivity contribution in [3.63, 3.8) is 0 Å². The highest BCUT2D eigenvalue weighted by atomic mass is 16.2. The molecule has 0 rings (SSSR count). The van der Waals surface area contributed by atoms with Crippen LogP contribution < -0.4 is 5.73 Å². The van der Waals surface area contributed by atoms with E-state index in [1.807, 2.05) is 11.9 Å². The third-order valence-corrected chi connectivity index (χ3v) is 3.25. The molecule has 0 radical (unpaired) electrons. The number of carbonyl (C=O) groups is 1. The van der Waals surface area contributed by atoms with Crippen molar-refractivity contribution in [2.75, 3.05) is 13.6 Å². The fraction of sp³-hybridized carbons (Fsp3) is 0.923. The van der Waals surface area contributed by atoms with Gasteiger partial charge in [0.15, 0.2) is 0 Å². The van der Waals surface area contributed by atoms with Gasteiger partial charge in [0.05, 0.1) is 0 Å². The predicted octanol–water partition coefficient (Wildman–Crippen LogP) is 2.25. The summed E-state index contributed by atoms with van der Waals surface area (Å²) in [7, 11) is 1.89. The number of amides is 1. The summed E-state index contributed by atoms with van der Waals surface area (Å²) < 4.78 is 0. The first-order chi connectivity index (χ1) is 7.42. The van der Waals surface area contributed by atoms with E-state index in [4.69, 9.17) is 5.73 Å². The van der Waals surface area contributed by atoms with Crippen LogP contribution in [0, 0.1) is 11.8 Å². The maximum Gasteiger partial charge on any atom is 0.222 e. The number of hydrogen-bond acceptors (Lipinski definition) is 2. The molecular formula is C13H28N2O. The van der Waals surface area contributed by atoms with E-state index >= 15 is 0 Å². The normalized spacial score (nSPS) is 14.9. The summed E-state index contributed by atoms with van der Waals surface area (Å²) in [6, 6.07) is 0.324. The van der Waals surface area contributed by atoms with Crippen LogP contribution in [0.3, 0.4) is 0 Å². The van der Waals surface area contributed by atoms with E-state index in [2.05, 4.69) is 27.7 Å². The molecule has 0 saturated carbocycles. The van der Waals surface area contributed by atoms with Crippen LogP contribution in [0.15, 0.2) is 0 Å².